The SMILES string of the molecule is CC(C)N1[C@@H]2CN(Cc3ccco3)C[C@@H]2C[C@H]1C(=O)NCCN(C)C. The topological polar surface area (TPSA) is 52.0 Å². The molecule has 25 heavy (non-hydrogen) atoms. The molecule has 2 aliphatic rings. The third kappa shape index (κ3) is 4.25. The molecule has 3 rings (SSSR count). The summed E-state index contributed by atoms with van der Waals surface area (Å²) in [5.41, 5.74) is 0. The van der Waals surface area contributed by atoms with Crippen LogP contribution in [-0.4, -0.2) is 79.0 Å². The maximum atomic E-state index is 12.7. The van der Waals surface area contributed by atoms with Gasteiger partial charge in [-0.15, -0.1) is 0 Å². The monoisotopic (exact) mass is 348 g/mol. The minimum absolute atomic E-state index is 0.0166. The van der Waals surface area contributed by atoms with Crippen molar-refractivity contribution in [3.8, 4) is 0 Å². The summed E-state index contributed by atoms with van der Waals surface area (Å²) in [5.74, 6) is 1.79. The molecule has 3 heterocycles. The van der Waals surface area contributed by atoms with E-state index in [0.717, 1.165) is 38.4 Å². The largest absolute Gasteiger partial charge is 0.468 e. The lowest BCUT2D eigenvalue weighted by Gasteiger charge is -2.33. The number of hydrogen-bond donors (Lipinski definition) is 1. The molecule has 0 bridgehead atoms. The van der Waals surface area contributed by atoms with Crippen molar-refractivity contribution in [1.82, 2.24) is 20.0 Å². The molecule has 0 aliphatic carbocycles. The number of nitrogens with one attached hydrogen (secondary N) is 1. The lowest BCUT2D eigenvalue weighted by molar-refractivity contribution is -0.126. The summed E-state index contributed by atoms with van der Waals surface area (Å²) in [4.78, 5) is 19.7. The van der Waals surface area contributed by atoms with E-state index in [1.54, 1.807) is 6.26 Å². The average molecular weight is 348 g/mol. The number of nitrogens with zero attached hydrogens (tertiary/aromatic N) is 3. The van der Waals surface area contributed by atoms with Crippen LogP contribution in [0.3, 0.4) is 0 Å². The zero-order valence-electron chi connectivity index (χ0n) is 15.9. The van der Waals surface area contributed by atoms with Crippen molar-refractivity contribution in [3.63, 3.8) is 0 Å². The minimum Gasteiger partial charge on any atom is -0.468 e. The van der Waals surface area contributed by atoms with Crippen molar-refractivity contribution in [3.05, 3.63) is 24.2 Å². The second-order valence-corrected chi connectivity index (χ2v) is 7.99. The Hall–Kier alpha value is -1.37. The van der Waals surface area contributed by atoms with Gasteiger partial charge in [0.05, 0.1) is 18.8 Å². The highest BCUT2D eigenvalue weighted by atomic mass is 16.3. The lowest BCUT2D eigenvalue weighted by atomic mass is 10.0. The molecule has 0 radical (unpaired) electrons. The van der Waals surface area contributed by atoms with Crippen LogP contribution in [0.1, 0.15) is 26.0 Å². The maximum absolute atomic E-state index is 12.7. The highest BCUT2D eigenvalue weighted by Gasteiger charge is 2.49. The van der Waals surface area contributed by atoms with Gasteiger partial charge in [0.25, 0.3) is 0 Å². The normalized spacial score (nSPS) is 27.4. The van der Waals surface area contributed by atoms with Gasteiger partial charge in [0.1, 0.15) is 5.76 Å². The number of likely N-dealkylation sites (N-methyl/N-ethyl adjacent to an activating group) is 1. The molecule has 1 N–H and O–H groups in total. The van der Waals surface area contributed by atoms with Gasteiger partial charge in [-0.2, -0.15) is 0 Å². The summed E-state index contributed by atoms with van der Waals surface area (Å²) in [6.45, 7) is 8.94. The molecule has 2 saturated heterocycles. The van der Waals surface area contributed by atoms with Crippen molar-refractivity contribution < 1.29 is 9.21 Å². The van der Waals surface area contributed by atoms with E-state index in [9.17, 15) is 4.79 Å². The van der Waals surface area contributed by atoms with E-state index in [2.05, 4.69) is 33.9 Å². The minimum atomic E-state index is 0.0166. The smallest absolute Gasteiger partial charge is 0.237 e. The molecule has 140 valence electrons. The van der Waals surface area contributed by atoms with E-state index in [-0.39, 0.29) is 11.9 Å². The number of amides is 1. The van der Waals surface area contributed by atoms with Crippen LogP contribution in [-0.2, 0) is 11.3 Å². The molecule has 6 heteroatoms. The van der Waals surface area contributed by atoms with E-state index in [4.69, 9.17) is 4.42 Å². The Balaban J connectivity index is 1.59. The van der Waals surface area contributed by atoms with Crippen LogP contribution in [0.5, 0.6) is 0 Å². The van der Waals surface area contributed by atoms with Gasteiger partial charge < -0.3 is 14.6 Å². The van der Waals surface area contributed by atoms with Gasteiger partial charge >= 0.3 is 0 Å². The molecular formula is C19H32N4O2. The Bertz CT molecular complexity index is 558. The molecule has 0 unspecified atom stereocenters. The van der Waals surface area contributed by atoms with Crippen molar-refractivity contribution >= 4 is 5.91 Å². The van der Waals surface area contributed by atoms with Crippen LogP contribution >= 0.6 is 0 Å². The first-order valence-corrected chi connectivity index (χ1v) is 9.40. The summed E-state index contributed by atoms with van der Waals surface area (Å²) in [6, 6.07) is 4.85. The third-order valence-corrected chi connectivity index (χ3v) is 5.47. The average Bonchev–Trinajstić information content (AvgIpc) is 3.22. The number of hydrogen-bond acceptors (Lipinski definition) is 5. The summed E-state index contributed by atoms with van der Waals surface area (Å²) >= 11 is 0. The molecular weight excluding hydrogens is 316 g/mol. The van der Waals surface area contributed by atoms with E-state index in [0.29, 0.717) is 24.5 Å². The van der Waals surface area contributed by atoms with Crippen LogP contribution in [0, 0.1) is 5.92 Å². The van der Waals surface area contributed by atoms with Gasteiger partial charge in [-0.05, 0) is 52.4 Å². The van der Waals surface area contributed by atoms with Crippen LogP contribution < -0.4 is 5.32 Å². The van der Waals surface area contributed by atoms with Gasteiger partial charge in [0.15, 0.2) is 0 Å². The van der Waals surface area contributed by atoms with Crippen LogP contribution in [0.25, 0.3) is 0 Å². The van der Waals surface area contributed by atoms with Crippen LogP contribution in [0.4, 0.5) is 0 Å². The number of likely N-dealkylation sites (tertiary alicyclic amines) is 2. The highest BCUT2D eigenvalue weighted by molar-refractivity contribution is 5.82. The van der Waals surface area contributed by atoms with Crippen molar-refractivity contribution in [2.45, 2.75) is 44.9 Å². The molecule has 0 saturated carbocycles. The Kier molecular flexibility index (Phi) is 5.81. The molecule has 6 nitrogen and oxygen atoms in total. The van der Waals surface area contributed by atoms with Crippen molar-refractivity contribution in [2.24, 2.45) is 5.92 Å². The summed E-state index contributed by atoms with van der Waals surface area (Å²) in [5, 5.41) is 3.13. The van der Waals surface area contributed by atoms with Gasteiger partial charge in [0, 0.05) is 38.3 Å². The fourth-order valence-electron chi connectivity index (χ4n) is 4.41. The summed E-state index contributed by atoms with van der Waals surface area (Å²) in [6.07, 6.45) is 2.70. The van der Waals surface area contributed by atoms with Crippen LogP contribution in [0.2, 0.25) is 0 Å². The predicted octanol–water partition coefficient (Wildman–Crippen LogP) is 1.24. The lowest BCUT2D eigenvalue weighted by Crippen LogP contribution is -2.51. The molecule has 1 amide bonds. The van der Waals surface area contributed by atoms with E-state index >= 15 is 0 Å². The zero-order chi connectivity index (χ0) is 18.0. The summed E-state index contributed by atoms with van der Waals surface area (Å²) < 4.78 is 5.49. The molecule has 1 aromatic heterocycles. The quantitative estimate of drug-likeness (QED) is 0.803. The molecule has 0 aromatic carbocycles. The first-order chi connectivity index (χ1) is 12.0. The summed E-state index contributed by atoms with van der Waals surface area (Å²) in [7, 11) is 4.06. The fraction of sp³-hybridized carbons (Fsp3) is 0.737. The van der Waals surface area contributed by atoms with Gasteiger partial charge in [-0.25, -0.2) is 0 Å². The zero-order valence-corrected chi connectivity index (χ0v) is 15.9. The molecule has 2 aliphatic heterocycles. The second-order valence-electron chi connectivity index (χ2n) is 7.99. The number of carbonyl (C=O) groups is 1. The second kappa shape index (κ2) is 7.89. The molecule has 3 atom stereocenters. The number of carbonyl (C=O) groups excluding carboxylic acids is 1. The number of fused-ring (bicyclic) bond motifs is 1. The van der Waals surface area contributed by atoms with E-state index < -0.39 is 0 Å². The van der Waals surface area contributed by atoms with Crippen LogP contribution in [0.15, 0.2) is 22.8 Å². The van der Waals surface area contributed by atoms with E-state index in [1.165, 1.54) is 0 Å². The fourth-order valence-corrected chi connectivity index (χ4v) is 4.41. The Morgan fingerprint density at radius 1 is 1.40 bits per heavy atom. The Morgan fingerprint density at radius 2 is 2.20 bits per heavy atom. The van der Waals surface area contributed by atoms with Gasteiger partial charge in [-0.1, -0.05) is 0 Å². The first kappa shape index (κ1) is 18.4. The van der Waals surface area contributed by atoms with Gasteiger partial charge in [0.2, 0.25) is 5.91 Å². The number of rotatable bonds is 7. The van der Waals surface area contributed by atoms with Crippen molar-refractivity contribution in [2.75, 3.05) is 40.3 Å². The van der Waals surface area contributed by atoms with Crippen molar-refractivity contribution in [1.29, 1.82) is 0 Å². The Labute approximate surface area is 151 Å². The molecule has 0 spiro atoms. The highest BCUT2D eigenvalue weighted by Crippen LogP contribution is 2.37. The molecule has 1 aromatic rings. The standard InChI is InChI=1S/C19H32N4O2/c1-14(2)23-17(19(24)20-7-8-21(3)4)10-15-11-22(13-18(15)23)12-16-6-5-9-25-16/h5-6,9,14-15,17-18H,7-8,10-13H2,1-4H3,(H,20,24)/t15-,17-,18+/m0/s1. The predicted molar refractivity (Wildman–Crippen MR) is 98.2 cm³/mol. The molecule has 2 fully saturated rings. The number of furan rings is 1. The third-order valence-electron chi connectivity index (χ3n) is 5.47. The maximum Gasteiger partial charge on any atom is 0.237 e. The van der Waals surface area contributed by atoms with Gasteiger partial charge in [-0.3, -0.25) is 14.6 Å². The van der Waals surface area contributed by atoms with E-state index in [1.807, 2.05) is 26.2 Å². The first-order valence-electron chi connectivity index (χ1n) is 9.40. The Morgan fingerprint density at radius 3 is 2.84 bits per heavy atom.